The number of aromatic nitrogens is 3. The molecule has 1 aromatic carbocycles. The van der Waals surface area contributed by atoms with Crippen LogP contribution in [0.15, 0.2) is 24.4 Å². The van der Waals surface area contributed by atoms with E-state index in [4.69, 9.17) is 0 Å². The maximum Gasteiger partial charge on any atom is 0.270 e. The molecule has 2 aromatic rings. The lowest BCUT2D eigenvalue weighted by Crippen LogP contribution is -2.12. The van der Waals surface area contributed by atoms with Gasteiger partial charge in [-0.1, -0.05) is 122 Å². The Bertz CT molecular complexity index is 1120. The summed E-state index contributed by atoms with van der Waals surface area (Å²) in [4.78, 5) is 0. The first-order valence-corrected chi connectivity index (χ1v) is 24.4. The van der Waals surface area contributed by atoms with Gasteiger partial charge in [0.2, 0.25) is 0 Å². The number of unbranched alkanes of at least 4 members (excludes halogenated alkanes) is 18. The molecule has 0 radical (unpaired) electrons. The lowest BCUT2D eigenvalue weighted by molar-refractivity contribution is 0.481. The Labute approximate surface area is 295 Å². The van der Waals surface area contributed by atoms with E-state index in [1.54, 1.807) is 10.9 Å². The molecule has 0 saturated carbocycles. The molecule has 1 aromatic heterocycles. The summed E-state index contributed by atoms with van der Waals surface area (Å²) in [5, 5.41) is 8.12. The SMILES string of the molecule is CCCCCCCCCCCC[S+](C)Cc1cc(Cn2cc(CS(=O)(=O)O)nn2)cc(C[S+](C)CCCCCCCCCCCC)c1. The van der Waals surface area contributed by atoms with Crippen molar-refractivity contribution in [3.05, 3.63) is 46.8 Å². The third-order valence-corrected chi connectivity index (χ3v) is 13.2. The molecule has 0 saturated heterocycles. The van der Waals surface area contributed by atoms with E-state index in [0.29, 0.717) is 28.3 Å². The fourth-order valence-electron chi connectivity index (χ4n) is 6.34. The monoisotopic (exact) mass is 711 g/mol. The Morgan fingerprint density at radius 2 is 1.00 bits per heavy atom. The van der Waals surface area contributed by atoms with E-state index in [1.165, 1.54) is 157 Å². The average Bonchev–Trinajstić information content (AvgIpc) is 3.43. The van der Waals surface area contributed by atoms with Crippen LogP contribution in [0.25, 0.3) is 0 Å². The van der Waals surface area contributed by atoms with Crippen molar-refractivity contribution < 1.29 is 13.0 Å². The average molecular weight is 712 g/mol. The summed E-state index contributed by atoms with van der Waals surface area (Å²) >= 11 is 0. The van der Waals surface area contributed by atoms with Gasteiger partial charge in [-0.15, -0.1) is 5.10 Å². The Balaban J connectivity index is 1.87. The molecule has 1 heterocycles. The molecule has 2 rings (SSSR count). The first-order valence-electron chi connectivity index (χ1n) is 18.8. The highest BCUT2D eigenvalue weighted by Gasteiger charge is 2.18. The largest absolute Gasteiger partial charge is 0.285 e. The van der Waals surface area contributed by atoms with Gasteiger partial charge in [0.25, 0.3) is 10.1 Å². The van der Waals surface area contributed by atoms with Crippen molar-refractivity contribution in [3.8, 4) is 0 Å². The maximum absolute atomic E-state index is 11.3. The molecule has 0 fully saturated rings. The van der Waals surface area contributed by atoms with Gasteiger partial charge >= 0.3 is 0 Å². The molecular weight excluding hydrogens is 643 g/mol. The topological polar surface area (TPSA) is 85.1 Å². The molecule has 0 amide bonds. The summed E-state index contributed by atoms with van der Waals surface area (Å²) in [6.07, 6.45) is 34.1. The minimum atomic E-state index is -4.13. The molecule has 270 valence electrons. The molecular formula is C38H69N3O3S3+2. The van der Waals surface area contributed by atoms with Gasteiger partial charge < -0.3 is 0 Å². The van der Waals surface area contributed by atoms with Crippen LogP contribution in [0.2, 0.25) is 0 Å². The second-order valence-corrected chi connectivity index (χ2v) is 19.9. The molecule has 0 aliphatic rings. The predicted octanol–water partition coefficient (Wildman–Crippen LogP) is 10.1. The van der Waals surface area contributed by atoms with Gasteiger partial charge in [-0.2, -0.15) is 8.42 Å². The quantitative estimate of drug-likeness (QED) is 0.0495. The summed E-state index contributed by atoms with van der Waals surface area (Å²) in [5.41, 5.74) is 4.27. The zero-order chi connectivity index (χ0) is 34.2. The van der Waals surface area contributed by atoms with Crippen molar-refractivity contribution in [3.63, 3.8) is 0 Å². The number of hydrogen-bond acceptors (Lipinski definition) is 4. The summed E-state index contributed by atoms with van der Waals surface area (Å²) < 4.78 is 33.5. The molecule has 0 spiro atoms. The number of benzene rings is 1. The van der Waals surface area contributed by atoms with E-state index in [-0.39, 0.29) is 5.69 Å². The van der Waals surface area contributed by atoms with E-state index in [1.807, 2.05) is 0 Å². The standard InChI is InChI=1S/C38H68N3O3S3/c1-5-7-9-11-13-15-17-19-21-23-25-45(3)32-36-27-35(30-41-31-38(39-40-41)34-47(42,43)44)28-37(29-36)33-46(4)26-24-22-20-18-16-14-12-10-8-6-2/h27-29,31H,5-26,30,32-34H2,1-4H3/q+1/p+1. The fraction of sp³-hybridized carbons (Fsp3) is 0.789. The minimum absolute atomic E-state index is 0.266. The normalized spacial score (nSPS) is 13.3. The predicted molar refractivity (Wildman–Crippen MR) is 208 cm³/mol. The number of nitrogens with zero attached hydrogens (tertiary/aromatic N) is 3. The first kappa shape index (κ1) is 42.1. The van der Waals surface area contributed by atoms with Crippen LogP contribution in [-0.2, 0) is 55.7 Å². The Morgan fingerprint density at radius 3 is 1.40 bits per heavy atom. The second kappa shape index (κ2) is 25.9. The zero-order valence-corrected chi connectivity index (χ0v) is 33.0. The molecule has 6 nitrogen and oxygen atoms in total. The summed E-state index contributed by atoms with van der Waals surface area (Å²) in [6, 6.07) is 7.07. The van der Waals surface area contributed by atoms with E-state index in [9.17, 15) is 13.0 Å². The van der Waals surface area contributed by atoms with Crippen LogP contribution in [0.4, 0.5) is 0 Å². The molecule has 1 N–H and O–H groups in total. The third-order valence-electron chi connectivity index (χ3n) is 8.89. The van der Waals surface area contributed by atoms with Crippen LogP contribution in [0.3, 0.4) is 0 Å². The van der Waals surface area contributed by atoms with Gasteiger partial charge in [-0.25, -0.2) is 4.68 Å². The van der Waals surface area contributed by atoms with Crippen LogP contribution >= 0.6 is 0 Å². The third kappa shape index (κ3) is 22.3. The lowest BCUT2D eigenvalue weighted by atomic mass is 10.1. The maximum atomic E-state index is 11.3. The second-order valence-electron chi connectivity index (χ2n) is 13.9. The van der Waals surface area contributed by atoms with Crippen molar-refractivity contribution in [2.45, 2.75) is 166 Å². The molecule has 2 atom stereocenters. The van der Waals surface area contributed by atoms with Gasteiger partial charge in [0.15, 0.2) is 0 Å². The van der Waals surface area contributed by atoms with Crippen LogP contribution < -0.4 is 0 Å². The lowest BCUT2D eigenvalue weighted by Gasteiger charge is -2.11. The smallest absolute Gasteiger partial charge is 0.270 e. The van der Waals surface area contributed by atoms with Crippen molar-refractivity contribution in [1.82, 2.24) is 15.0 Å². The minimum Gasteiger partial charge on any atom is -0.285 e. The number of rotatable bonds is 30. The molecule has 0 aliphatic heterocycles. The molecule has 0 bridgehead atoms. The summed E-state index contributed by atoms with van der Waals surface area (Å²) in [5.74, 6) is 4.32. The van der Waals surface area contributed by atoms with E-state index >= 15 is 0 Å². The van der Waals surface area contributed by atoms with Gasteiger partial charge in [0, 0.05) is 17.3 Å². The Hall–Kier alpha value is -1.03. The molecule has 2 unspecified atom stereocenters. The van der Waals surface area contributed by atoms with Crippen LogP contribution in [0.1, 0.15) is 165 Å². The van der Waals surface area contributed by atoms with Gasteiger partial charge in [-0.3, -0.25) is 4.55 Å². The van der Waals surface area contributed by atoms with Gasteiger partial charge in [0.05, 0.1) is 19.1 Å². The highest BCUT2D eigenvalue weighted by molar-refractivity contribution is 7.95. The summed E-state index contributed by atoms with van der Waals surface area (Å²) in [7, 11) is -3.44. The van der Waals surface area contributed by atoms with Crippen LogP contribution in [0, 0.1) is 0 Å². The van der Waals surface area contributed by atoms with Crippen molar-refractivity contribution in [2.75, 3.05) is 24.0 Å². The van der Waals surface area contributed by atoms with Crippen molar-refractivity contribution in [2.24, 2.45) is 0 Å². The zero-order valence-electron chi connectivity index (χ0n) is 30.5. The fourth-order valence-corrected chi connectivity index (χ4v) is 10.00. The van der Waals surface area contributed by atoms with Gasteiger partial charge in [0.1, 0.15) is 34.5 Å². The van der Waals surface area contributed by atoms with Crippen molar-refractivity contribution >= 4 is 31.9 Å². The molecule has 9 heteroatoms. The highest BCUT2D eigenvalue weighted by atomic mass is 32.2. The van der Waals surface area contributed by atoms with Crippen LogP contribution in [-0.4, -0.2) is 52.0 Å². The van der Waals surface area contributed by atoms with E-state index < -0.39 is 15.9 Å². The van der Waals surface area contributed by atoms with E-state index in [2.05, 4.69) is 54.9 Å². The highest BCUT2D eigenvalue weighted by Crippen LogP contribution is 2.20. The number of hydrogen-bond donors (Lipinski definition) is 1. The van der Waals surface area contributed by atoms with Crippen LogP contribution in [0.5, 0.6) is 0 Å². The molecule has 0 aliphatic carbocycles. The van der Waals surface area contributed by atoms with Gasteiger partial charge in [-0.05, 0) is 71.2 Å². The first-order chi connectivity index (χ1) is 22.7. The summed E-state index contributed by atoms with van der Waals surface area (Å²) in [6.45, 7) is 5.11. The molecule has 47 heavy (non-hydrogen) atoms. The Kier molecular flexibility index (Phi) is 23.2. The van der Waals surface area contributed by atoms with E-state index in [0.717, 1.165) is 11.5 Å². The van der Waals surface area contributed by atoms with Crippen molar-refractivity contribution in [1.29, 1.82) is 0 Å². The Morgan fingerprint density at radius 1 is 0.617 bits per heavy atom.